The normalized spacial score (nSPS) is 17.3. The van der Waals surface area contributed by atoms with Gasteiger partial charge in [0.05, 0.1) is 20.1 Å². The first-order valence-electron chi connectivity index (χ1n) is 6.89. The molecule has 1 fully saturated rings. The number of carbonyl (C=O) groups is 3. The highest BCUT2D eigenvalue weighted by atomic mass is 32.2. The van der Waals surface area contributed by atoms with Crippen LogP contribution in [0.15, 0.2) is 36.4 Å². The summed E-state index contributed by atoms with van der Waals surface area (Å²) in [6, 6.07) is 6.00. The third-order valence-corrected chi connectivity index (χ3v) is 4.40. The first-order chi connectivity index (χ1) is 11.1. The van der Waals surface area contributed by atoms with Crippen molar-refractivity contribution < 1.29 is 23.9 Å². The summed E-state index contributed by atoms with van der Waals surface area (Å²) in [5.74, 6) is 0.433. The molecule has 1 atom stereocenters. The molecule has 0 aromatic heterocycles. The van der Waals surface area contributed by atoms with Crippen LogP contribution in [-0.2, 0) is 14.3 Å². The fourth-order valence-corrected chi connectivity index (χ4v) is 3.23. The van der Waals surface area contributed by atoms with Gasteiger partial charge in [0.1, 0.15) is 11.8 Å². The van der Waals surface area contributed by atoms with Gasteiger partial charge in [-0.2, -0.15) is 0 Å². The Labute approximate surface area is 138 Å². The van der Waals surface area contributed by atoms with Crippen molar-refractivity contribution in [2.45, 2.75) is 6.04 Å². The minimum Gasteiger partial charge on any atom is -0.497 e. The summed E-state index contributed by atoms with van der Waals surface area (Å²) in [6.45, 7) is 0. The van der Waals surface area contributed by atoms with Crippen molar-refractivity contribution in [2.75, 3.05) is 25.8 Å². The van der Waals surface area contributed by atoms with Crippen molar-refractivity contribution >= 4 is 29.4 Å². The number of hydrogen-bond donors (Lipinski definition) is 0. The molecular formula is C16H17NO5S. The summed E-state index contributed by atoms with van der Waals surface area (Å²) in [7, 11) is 2.83. The molecule has 0 bridgehead atoms. The minimum atomic E-state index is -0.599. The Hall–Kier alpha value is -2.28. The average Bonchev–Trinajstić information content (AvgIpc) is 3.08. The van der Waals surface area contributed by atoms with E-state index in [0.29, 0.717) is 22.9 Å². The molecule has 0 radical (unpaired) electrons. The number of ether oxygens (including phenoxy) is 2. The number of ketones is 1. The van der Waals surface area contributed by atoms with Crippen molar-refractivity contribution in [3.8, 4) is 5.75 Å². The topological polar surface area (TPSA) is 72.9 Å². The molecule has 122 valence electrons. The quantitative estimate of drug-likeness (QED) is 0.461. The molecule has 0 unspecified atom stereocenters. The zero-order valence-electron chi connectivity index (χ0n) is 12.9. The molecule has 6 nitrogen and oxygen atoms in total. The number of methoxy groups -OCH3 is 2. The monoisotopic (exact) mass is 335 g/mol. The van der Waals surface area contributed by atoms with E-state index in [0.717, 1.165) is 0 Å². The lowest BCUT2D eigenvalue weighted by Crippen LogP contribution is -2.41. The Balaban J connectivity index is 2.02. The number of hydrogen-bond acceptors (Lipinski definition) is 6. The van der Waals surface area contributed by atoms with E-state index < -0.39 is 12.0 Å². The molecule has 1 aromatic rings. The van der Waals surface area contributed by atoms with Gasteiger partial charge in [0.25, 0.3) is 0 Å². The Morgan fingerprint density at radius 3 is 2.48 bits per heavy atom. The van der Waals surface area contributed by atoms with E-state index in [1.807, 2.05) is 0 Å². The molecule has 0 N–H and O–H groups in total. The summed E-state index contributed by atoms with van der Waals surface area (Å²) in [6.07, 6.45) is 2.40. The maximum atomic E-state index is 12.2. The number of rotatable bonds is 5. The standard InChI is InChI=1S/C16H17NO5S/c1-21-12-5-3-11(4-6-12)14(18)7-8-15(19)17-10-23-9-13(17)16(20)22-2/h3-8,13H,9-10H2,1-2H3/t13-/m0/s1. The number of thioether (sulfide) groups is 1. The molecule has 1 aromatic carbocycles. The van der Waals surface area contributed by atoms with Gasteiger partial charge in [-0.3, -0.25) is 9.59 Å². The molecule has 2 rings (SSSR count). The highest BCUT2D eigenvalue weighted by Gasteiger charge is 2.34. The molecular weight excluding hydrogens is 318 g/mol. The number of amides is 1. The van der Waals surface area contributed by atoms with Crippen LogP contribution in [0.5, 0.6) is 5.75 Å². The van der Waals surface area contributed by atoms with E-state index in [4.69, 9.17) is 4.74 Å². The molecule has 1 aliphatic heterocycles. The lowest BCUT2D eigenvalue weighted by atomic mass is 10.1. The van der Waals surface area contributed by atoms with Gasteiger partial charge in [-0.15, -0.1) is 11.8 Å². The van der Waals surface area contributed by atoms with E-state index in [9.17, 15) is 14.4 Å². The molecule has 1 amide bonds. The van der Waals surface area contributed by atoms with Gasteiger partial charge in [0.2, 0.25) is 5.91 Å². The van der Waals surface area contributed by atoms with Gasteiger partial charge in [-0.25, -0.2) is 4.79 Å². The Bertz CT molecular complexity index is 626. The van der Waals surface area contributed by atoms with Gasteiger partial charge in [-0.05, 0) is 30.3 Å². The number of nitrogens with zero attached hydrogens (tertiary/aromatic N) is 1. The van der Waals surface area contributed by atoms with Crippen LogP contribution in [0.1, 0.15) is 10.4 Å². The molecule has 0 spiro atoms. The van der Waals surface area contributed by atoms with Gasteiger partial charge in [-0.1, -0.05) is 0 Å². The molecule has 1 aliphatic rings. The highest BCUT2D eigenvalue weighted by molar-refractivity contribution is 7.99. The van der Waals surface area contributed by atoms with Crippen molar-refractivity contribution in [3.63, 3.8) is 0 Å². The van der Waals surface area contributed by atoms with E-state index >= 15 is 0 Å². The van der Waals surface area contributed by atoms with Crippen LogP contribution in [0.4, 0.5) is 0 Å². The molecule has 1 saturated heterocycles. The summed E-state index contributed by atoms with van der Waals surface area (Å²) < 4.78 is 9.71. The first-order valence-corrected chi connectivity index (χ1v) is 8.05. The van der Waals surface area contributed by atoms with E-state index in [1.165, 1.54) is 35.9 Å². The number of allylic oxidation sites excluding steroid dienone is 1. The van der Waals surface area contributed by atoms with Crippen LogP contribution < -0.4 is 4.74 Å². The van der Waals surface area contributed by atoms with Gasteiger partial charge < -0.3 is 14.4 Å². The third kappa shape index (κ3) is 4.13. The Morgan fingerprint density at radius 2 is 1.87 bits per heavy atom. The molecule has 0 saturated carbocycles. The van der Waals surface area contributed by atoms with Crippen LogP contribution in [0, 0.1) is 0 Å². The lowest BCUT2D eigenvalue weighted by Gasteiger charge is -2.19. The number of carbonyl (C=O) groups excluding carboxylic acids is 3. The maximum absolute atomic E-state index is 12.2. The van der Waals surface area contributed by atoms with E-state index in [-0.39, 0.29) is 11.7 Å². The second-order valence-corrected chi connectivity index (χ2v) is 5.77. The van der Waals surface area contributed by atoms with Crippen molar-refractivity contribution in [3.05, 3.63) is 42.0 Å². The Morgan fingerprint density at radius 1 is 1.17 bits per heavy atom. The second kappa shape index (κ2) is 7.82. The summed E-state index contributed by atoms with van der Waals surface area (Å²) in [4.78, 5) is 37.2. The largest absolute Gasteiger partial charge is 0.497 e. The molecule has 1 heterocycles. The second-order valence-electron chi connectivity index (χ2n) is 4.77. The number of benzene rings is 1. The van der Waals surface area contributed by atoms with E-state index in [2.05, 4.69) is 4.74 Å². The summed E-state index contributed by atoms with van der Waals surface area (Å²) in [5, 5.41) is 0. The third-order valence-electron chi connectivity index (χ3n) is 3.39. The molecule has 23 heavy (non-hydrogen) atoms. The zero-order valence-corrected chi connectivity index (χ0v) is 13.7. The first kappa shape index (κ1) is 17.1. The Kier molecular flexibility index (Phi) is 5.81. The number of esters is 1. The van der Waals surface area contributed by atoms with E-state index in [1.54, 1.807) is 31.4 Å². The fourth-order valence-electron chi connectivity index (χ4n) is 2.09. The predicted octanol–water partition coefficient (Wildman–Crippen LogP) is 1.51. The molecule has 0 aliphatic carbocycles. The van der Waals surface area contributed by atoms with Gasteiger partial charge in [0.15, 0.2) is 5.78 Å². The fraction of sp³-hybridized carbons (Fsp3) is 0.312. The van der Waals surface area contributed by atoms with Crippen molar-refractivity contribution in [2.24, 2.45) is 0 Å². The SMILES string of the molecule is COC(=O)[C@@H]1CSCN1C(=O)C=CC(=O)c1ccc(OC)cc1. The van der Waals surface area contributed by atoms with Crippen molar-refractivity contribution in [1.82, 2.24) is 4.90 Å². The van der Waals surface area contributed by atoms with Gasteiger partial charge >= 0.3 is 5.97 Å². The minimum absolute atomic E-state index is 0.289. The average molecular weight is 335 g/mol. The van der Waals surface area contributed by atoms with Crippen LogP contribution in [0.2, 0.25) is 0 Å². The summed E-state index contributed by atoms with van der Waals surface area (Å²) >= 11 is 1.47. The lowest BCUT2D eigenvalue weighted by molar-refractivity contribution is -0.149. The highest BCUT2D eigenvalue weighted by Crippen LogP contribution is 2.22. The smallest absolute Gasteiger partial charge is 0.329 e. The van der Waals surface area contributed by atoms with Crippen LogP contribution in [0.25, 0.3) is 0 Å². The predicted molar refractivity (Wildman–Crippen MR) is 86.4 cm³/mol. The summed E-state index contributed by atoms with van der Waals surface area (Å²) in [5.41, 5.74) is 0.454. The van der Waals surface area contributed by atoms with Gasteiger partial charge in [0, 0.05) is 17.4 Å². The molecule has 7 heteroatoms. The van der Waals surface area contributed by atoms with Crippen LogP contribution in [0.3, 0.4) is 0 Å². The van der Waals surface area contributed by atoms with Crippen molar-refractivity contribution in [1.29, 1.82) is 0 Å². The van der Waals surface area contributed by atoms with Crippen LogP contribution in [-0.4, -0.2) is 54.5 Å². The van der Waals surface area contributed by atoms with Crippen LogP contribution >= 0.6 is 11.8 Å². The maximum Gasteiger partial charge on any atom is 0.329 e. The zero-order chi connectivity index (χ0) is 16.8.